The number of nitrogens with two attached hydrogens (primary N) is 2. The van der Waals surface area contributed by atoms with E-state index < -0.39 is 11.2 Å². The van der Waals surface area contributed by atoms with Crippen molar-refractivity contribution in [2.24, 2.45) is 11.5 Å². The van der Waals surface area contributed by atoms with Crippen LogP contribution in [0.1, 0.15) is 47.3 Å². The van der Waals surface area contributed by atoms with Crippen molar-refractivity contribution in [1.82, 2.24) is 4.98 Å². The number of carbonyl (C=O) groups is 1. The lowest BCUT2D eigenvalue weighted by atomic mass is 10.00. The molecule has 0 unspecified atom stereocenters. The summed E-state index contributed by atoms with van der Waals surface area (Å²) in [5.74, 6) is 0.0452. The number of benzene rings is 1. The Morgan fingerprint density at radius 1 is 1.23 bits per heavy atom. The Balaban J connectivity index is 0.00000341. The SMILES string of the molecule is CCc1c(C#N)c(S[C@H](C(N)=O)c2ccccc2)nc(N2CCC(N)CC2)c1C#N.Cl. The molecule has 2 aromatic rings. The fraction of sp³-hybridized carbons (Fsp3) is 0.364. The Morgan fingerprint density at radius 3 is 2.35 bits per heavy atom. The van der Waals surface area contributed by atoms with Gasteiger partial charge in [0, 0.05) is 19.1 Å². The van der Waals surface area contributed by atoms with Crippen LogP contribution in [0.3, 0.4) is 0 Å². The van der Waals surface area contributed by atoms with Crippen molar-refractivity contribution in [2.75, 3.05) is 18.0 Å². The Labute approximate surface area is 192 Å². The van der Waals surface area contributed by atoms with Crippen molar-refractivity contribution in [3.05, 3.63) is 52.6 Å². The fourth-order valence-corrected chi connectivity index (χ4v) is 4.70. The summed E-state index contributed by atoms with van der Waals surface area (Å²) in [6, 6.07) is 13.8. The highest BCUT2D eigenvalue weighted by atomic mass is 35.5. The summed E-state index contributed by atoms with van der Waals surface area (Å²) >= 11 is 1.16. The van der Waals surface area contributed by atoms with E-state index in [2.05, 4.69) is 12.1 Å². The Hall–Kier alpha value is -2.78. The highest BCUT2D eigenvalue weighted by Crippen LogP contribution is 2.39. The van der Waals surface area contributed by atoms with Gasteiger partial charge in [0.15, 0.2) is 0 Å². The number of aromatic nitrogens is 1. The molecule has 7 nitrogen and oxygen atoms in total. The number of halogens is 1. The number of rotatable bonds is 6. The van der Waals surface area contributed by atoms with Gasteiger partial charge in [0.25, 0.3) is 0 Å². The average Bonchev–Trinajstić information content (AvgIpc) is 2.77. The van der Waals surface area contributed by atoms with Crippen LogP contribution in [-0.2, 0) is 11.2 Å². The van der Waals surface area contributed by atoms with E-state index in [1.807, 2.05) is 42.2 Å². The van der Waals surface area contributed by atoms with Crippen LogP contribution in [0, 0.1) is 22.7 Å². The van der Waals surface area contributed by atoms with E-state index in [0.717, 1.165) is 30.2 Å². The second-order valence-electron chi connectivity index (χ2n) is 7.18. The summed E-state index contributed by atoms with van der Waals surface area (Å²) in [6.07, 6.45) is 2.13. The number of amides is 1. The number of nitriles is 2. The number of thioether (sulfide) groups is 1. The van der Waals surface area contributed by atoms with Crippen molar-refractivity contribution >= 4 is 35.9 Å². The molecule has 1 saturated heterocycles. The molecular weight excluding hydrogens is 432 g/mol. The molecule has 0 spiro atoms. The largest absolute Gasteiger partial charge is 0.368 e. The molecule has 2 heterocycles. The minimum absolute atomic E-state index is 0. The topological polar surface area (TPSA) is 133 Å². The molecule has 1 aromatic heterocycles. The van der Waals surface area contributed by atoms with Crippen molar-refractivity contribution in [3.8, 4) is 12.1 Å². The second kappa shape index (κ2) is 11.0. The smallest absolute Gasteiger partial charge is 0.235 e. The molecule has 4 N–H and O–H groups in total. The van der Waals surface area contributed by atoms with Crippen molar-refractivity contribution in [1.29, 1.82) is 10.5 Å². The van der Waals surface area contributed by atoms with Gasteiger partial charge in [0.05, 0.1) is 11.1 Å². The van der Waals surface area contributed by atoms with E-state index >= 15 is 0 Å². The molecule has 1 amide bonds. The Bertz CT molecular complexity index is 1010. The molecule has 1 aromatic carbocycles. The maximum atomic E-state index is 12.2. The lowest BCUT2D eigenvalue weighted by Crippen LogP contribution is -2.40. The van der Waals surface area contributed by atoms with Gasteiger partial charge in [-0.05, 0) is 30.4 Å². The first-order valence-electron chi connectivity index (χ1n) is 9.88. The first-order chi connectivity index (χ1) is 14.5. The van der Waals surface area contributed by atoms with E-state index in [-0.39, 0.29) is 18.4 Å². The molecule has 3 rings (SSSR count). The van der Waals surface area contributed by atoms with Gasteiger partial charge in [0.2, 0.25) is 5.91 Å². The first kappa shape index (κ1) is 24.5. The van der Waals surface area contributed by atoms with Gasteiger partial charge in [0.1, 0.15) is 28.2 Å². The van der Waals surface area contributed by atoms with E-state index in [0.29, 0.717) is 47.0 Å². The number of pyridine rings is 1. The predicted octanol–water partition coefficient (Wildman–Crippen LogP) is 3.06. The predicted molar refractivity (Wildman–Crippen MR) is 124 cm³/mol. The zero-order chi connectivity index (χ0) is 21.7. The first-order valence-corrected chi connectivity index (χ1v) is 10.8. The molecule has 9 heteroatoms. The molecular formula is C22H25ClN6OS. The zero-order valence-electron chi connectivity index (χ0n) is 17.2. The number of primary amides is 1. The average molecular weight is 457 g/mol. The third-order valence-electron chi connectivity index (χ3n) is 5.25. The molecule has 0 saturated carbocycles. The van der Waals surface area contributed by atoms with E-state index in [4.69, 9.17) is 16.5 Å². The summed E-state index contributed by atoms with van der Waals surface area (Å²) in [6.45, 7) is 3.30. The second-order valence-corrected chi connectivity index (χ2v) is 8.28. The minimum Gasteiger partial charge on any atom is -0.368 e. The Kier molecular flexibility index (Phi) is 8.70. The lowest BCUT2D eigenvalue weighted by Gasteiger charge is -2.32. The summed E-state index contributed by atoms with van der Waals surface area (Å²) < 4.78 is 0. The third kappa shape index (κ3) is 5.29. The molecule has 1 atom stereocenters. The van der Waals surface area contributed by atoms with Gasteiger partial charge >= 0.3 is 0 Å². The van der Waals surface area contributed by atoms with Crippen LogP contribution in [0.5, 0.6) is 0 Å². The van der Waals surface area contributed by atoms with Crippen LogP contribution in [0.4, 0.5) is 5.82 Å². The fourth-order valence-electron chi connectivity index (χ4n) is 3.64. The van der Waals surface area contributed by atoms with Crippen LogP contribution >= 0.6 is 24.2 Å². The molecule has 1 aliphatic heterocycles. The van der Waals surface area contributed by atoms with E-state index in [1.54, 1.807) is 0 Å². The molecule has 31 heavy (non-hydrogen) atoms. The number of hydrogen-bond donors (Lipinski definition) is 2. The highest BCUT2D eigenvalue weighted by Gasteiger charge is 2.28. The van der Waals surface area contributed by atoms with Crippen molar-refractivity contribution < 1.29 is 4.79 Å². The van der Waals surface area contributed by atoms with Gasteiger partial charge < -0.3 is 16.4 Å². The van der Waals surface area contributed by atoms with Crippen LogP contribution in [-0.4, -0.2) is 30.0 Å². The number of piperidine rings is 1. The van der Waals surface area contributed by atoms with E-state index in [1.165, 1.54) is 0 Å². The molecule has 0 radical (unpaired) electrons. The van der Waals surface area contributed by atoms with Gasteiger partial charge in [-0.3, -0.25) is 4.79 Å². The monoisotopic (exact) mass is 456 g/mol. The molecule has 162 valence electrons. The van der Waals surface area contributed by atoms with Crippen LogP contribution in [0.2, 0.25) is 0 Å². The minimum atomic E-state index is -0.689. The van der Waals surface area contributed by atoms with Crippen LogP contribution in [0.15, 0.2) is 35.4 Å². The Morgan fingerprint density at radius 2 is 1.84 bits per heavy atom. The van der Waals surface area contributed by atoms with Gasteiger partial charge in [-0.25, -0.2) is 4.98 Å². The van der Waals surface area contributed by atoms with Crippen LogP contribution < -0.4 is 16.4 Å². The zero-order valence-corrected chi connectivity index (χ0v) is 18.9. The van der Waals surface area contributed by atoms with Gasteiger partial charge in [-0.2, -0.15) is 10.5 Å². The van der Waals surface area contributed by atoms with E-state index in [9.17, 15) is 15.3 Å². The molecule has 1 fully saturated rings. The maximum Gasteiger partial charge on any atom is 0.235 e. The number of hydrogen-bond acceptors (Lipinski definition) is 7. The van der Waals surface area contributed by atoms with Crippen molar-refractivity contribution in [3.63, 3.8) is 0 Å². The molecule has 0 bridgehead atoms. The number of nitrogens with zero attached hydrogens (tertiary/aromatic N) is 4. The summed E-state index contributed by atoms with van der Waals surface area (Å²) in [4.78, 5) is 19.0. The van der Waals surface area contributed by atoms with Crippen molar-refractivity contribution in [2.45, 2.75) is 42.5 Å². The normalized spacial score (nSPS) is 14.8. The lowest BCUT2D eigenvalue weighted by molar-refractivity contribution is -0.117. The quantitative estimate of drug-likeness (QED) is 0.638. The summed E-state index contributed by atoms with van der Waals surface area (Å²) in [7, 11) is 0. The van der Waals surface area contributed by atoms with Gasteiger partial charge in [-0.15, -0.1) is 12.4 Å². The van der Waals surface area contributed by atoms with Gasteiger partial charge in [-0.1, -0.05) is 49.0 Å². The summed E-state index contributed by atoms with van der Waals surface area (Å²) in [5, 5.41) is 19.4. The number of anilines is 1. The number of carbonyl (C=O) groups excluding carboxylic acids is 1. The standard InChI is InChI=1S/C22H24N6OS.ClH/c1-2-16-17(12-23)21(28-10-8-15(25)9-11-28)27-22(18(16)13-24)30-19(20(26)29)14-6-4-3-5-7-14;/h3-7,15,19H,2,8-11,25H2,1H3,(H2,26,29);1H/t19-;/m0./s1. The molecule has 0 aliphatic carbocycles. The summed E-state index contributed by atoms with van der Waals surface area (Å²) in [5.41, 5.74) is 13.9. The highest BCUT2D eigenvalue weighted by molar-refractivity contribution is 8.00. The molecule has 1 aliphatic rings. The third-order valence-corrected chi connectivity index (χ3v) is 6.51. The maximum absolute atomic E-state index is 12.2. The van der Waals surface area contributed by atoms with Crippen LogP contribution in [0.25, 0.3) is 0 Å².